The number of carbonyl (C=O) groups excluding carboxylic acids is 1. The molecule has 1 saturated heterocycles. The van der Waals surface area contributed by atoms with Gasteiger partial charge < -0.3 is 19.1 Å². The fourth-order valence-electron chi connectivity index (χ4n) is 4.36. The van der Waals surface area contributed by atoms with Crippen LogP contribution in [0, 0.1) is 0 Å². The van der Waals surface area contributed by atoms with Gasteiger partial charge >= 0.3 is 0 Å². The molecule has 1 fully saturated rings. The SMILES string of the molecule is CCC(C)(C)c1ccccc1OCCCC(=O)N1CCN(Cc2ccc3c(c2)OCO3)CC1. The standard InChI is InChI=1S/C27H36N2O4/c1-4-27(2,3)22-8-5-6-9-23(22)31-17-7-10-26(30)29-15-13-28(14-16-29)19-21-11-12-24-25(18-21)33-20-32-24/h5-6,8-9,11-12,18H,4,7,10,13-17,19-20H2,1-3H3. The molecule has 1 amide bonds. The summed E-state index contributed by atoms with van der Waals surface area (Å²) in [7, 11) is 0. The van der Waals surface area contributed by atoms with Crippen molar-refractivity contribution in [2.45, 2.75) is 52.0 Å². The zero-order valence-electron chi connectivity index (χ0n) is 20.1. The van der Waals surface area contributed by atoms with Crippen LogP contribution in [0.5, 0.6) is 17.2 Å². The normalized spacial score (nSPS) is 16.2. The fourth-order valence-corrected chi connectivity index (χ4v) is 4.36. The summed E-state index contributed by atoms with van der Waals surface area (Å²) < 4.78 is 16.9. The Hall–Kier alpha value is -2.73. The minimum Gasteiger partial charge on any atom is -0.493 e. The lowest BCUT2D eigenvalue weighted by molar-refractivity contribution is -0.133. The van der Waals surface area contributed by atoms with Crippen molar-refractivity contribution in [3.63, 3.8) is 0 Å². The minimum absolute atomic E-state index is 0.0761. The number of para-hydroxylation sites is 1. The number of amides is 1. The van der Waals surface area contributed by atoms with Crippen molar-refractivity contribution in [2.75, 3.05) is 39.6 Å². The van der Waals surface area contributed by atoms with Crippen LogP contribution in [0.2, 0.25) is 0 Å². The largest absolute Gasteiger partial charge is 0.493 e. The second-order valence-electron chi connectivity index (χ2n) is 9.53. The van der Waals surface area contributed by atoms with Crippen molar-refractivity contribution >= 4 is 5.91 Å². The summed E-state index contributed by atoms with van der Waals surface area (Å²) >= 11 is 0. The molecule has 0 N–H and O–H groups in total. The van der Waals surface area contributed by atoms with Crippen molar-refractivity contribution in [2.24, 2.45) is 0 Å². The van der Waals surface area contributed by atoms with Gasteiger partial charge in [-0.25, -0.2) is 0 Å². The summed E-state index contributed by atoms with van der Waals surface area (Å²) in [5.74, 6) is 2.80. The maximum Gasteiger partial charge on any atom is 0.231 e. The van der Waals surface area contributed by atoms with Crippen LogP contribution in [0.3, 0.4) is 0 Å². The first-order chi connectivity index (χ1) is 16.0. The molecular weight excluding hydrogens is 416 g/mol. The highest BCUT2D eigenvalue weighted by Gasteiger charge is 2.23. The third-order valence-electron chi connectivity index (χ3n) is 6.86. The zero-order valence-corrected chi connectivity index (χ0v) is 20.1. The molecule has 0 saturated carbocycles. The summed E-state index contributed by atoms with van der Waals surface area (Å²) in [6.45, 7) is 11.7. The molecule has 0 aromatic heterocycles. The summed E-state index contributed by atoms with van der Waals surface area (Å²) in [6, 6.07) is 14.4. The number of rotatable bonds is 9. The van der Waals surface area contributed by atoms with E-state index < -0.39 is 0 Å². The number of nitrogens with zero attached hydrogens (tertiary/aromatic N) is 2. The second kappa shape index (κ2) is 10.5. The molecule has 6 heteroatoms. The maximum absolute atomic E-state index is 12.7. The Balaban J connectivity index is 1.18. The quantitative estimate of drug-likeness (QED) is 0.520. The van der Waals surface area contributed by atoms with Crippen LogP contribution in [0.4, 0.5) is 0 Å². The first kappa shape index (κ1) is 23.4. The smallest absolute Gasteiger partial charge is 0.231 e. The van der Waals surface area contributed by atoms with Crippen LogP contribution in [0.25, 0.3) is 0 Å². The Morgan fingerprint density at radius 2 is 1.79 bits per heavy atom. The molecule has 178 valence electrons. The van der Waals surface area contributed by atoms with E-state index in [1.807, 2.05) is 23.1 Å². The molecule has 2 heterocycles. The number of fused-ring (bicyclic) bond motifs is 1. The number of benzene rings is 2. The van der Waals surface area contributed by atoms with Gasteiger partial charge in [-0.2, -0.15) is 0 Å². The number of carbonyl (C=O) groups is 1. The molecule has 2 aliphatic heterocycles. The Morgan fingerprint density at radius 1 is 1.03 bits per heavy atom. The van der Waals surface area contributed by atoms with E-state index in [1.165, 1.54) is 11.1 Å². The second-order valence-corrected chi connectivity index (χ2v) is 9.53. The molecular formula is C27H36N2O4. The molecule has 2 aromatic carbocycles. The molecule has 0 unspecified atom stereocenters. The van der Waals surface area contributed by atoms with Crippen molar-refractivity contribution < 1.29 is 19.0 Å². The average Bonchev–Trinajstić information content (AvgIpc) is 3.30. The van der Waals surface area contributed by atoms with Crippen LogP contribution in [-0.4, -0.2) is 55.3 Å². The molecule has 33 heavy (non-hydrogen) atoms. The maximum atomic E-state index is 12.7. The summed E-state index contributed by atoms with van der Waals surface area (Å²) in [5.41, 5.74) is 2.52. The predicted molar refractivity (Wildman–Crippen MR) is 129 cm³/mol. The predicted octanol–water partition coefficient (Wildman–Crippen LogP) is 4.61. The molecule has 2 aromatic rings. The van der Waals surface area contributed by atoms with Crippen molar-refractivity contribution in [3.05, 3.63) is 53.6 Å². The lowest BCUT2D eigenvalue weighted by Crippen LogP contribution is -2.48. The van der Waals surface area contributed by atoms with E-state index in [1.54, 1.807) is 0 Å². The Kier molecular flexibility index (Phi) is 7.43. The van der Waals surface area contributed by atoms with Gasteiger partial charge in [-0.1, -0.05) is 45.0 Å². The third-order valence-corrected chi connectivity index (χ3v) is 6.86. The first-order valence-electron chi connectivity index (χ1n) is 12.1. The molecule has 0 atom stereocenters. The molecule has 2 aliphatic rings. The fraction of sp³-hybridized carbons (Fsp3) is 0.519. The van der Waals surface area contributed by atoms with E-state index in [9.17, 15) is 4.79 Å². The summed E-state index contributed by atoms with van der Waals surface area (Å²) in [4.78, 5) is 17.1. The highest BCUT2D eigenvalue weighted by molar-refractivity contribution is 5.76. The van der Waals surface area contributed by atoms with E-state index >= 15 is 0 Å². The Morgan fingerprint density at radius 3 is 2.58 bits per heavy atom. The van der Waals surface area contributed by atoms with Gasteiger partial charge in [0.15, 0.2) is 11.5 Å². The number of hydrogen-bond acceptors (Lipinski definition) is 5. The van der Waals surface area contributed by atoms with Crippen LogP contribution in [0.1, 0.15) is 51.2 Å². The van der Waals surface area contributed by atoms with Crippen molar-refractivity contribution in [1.29, 1.82) is 0 Å². The lowest BCUT2D eigenvalue weighted by Gasteiger charge is -2.35. The topological polar surface area (TPSA) is 51.2 Å². The van der Waals surface area contributed by atoms with E-state index in [0.717, 1.165) is 62.8 Å². The molecule has 6 nitrogen and oxygen atoms in total. The van der Waals surface area contributed by atoms with Crippen LogP contribution in [-0.2, 0) is 16.8 Å². The van der Waals surface area contributed by atoms with Gasteiger partial charge in [0.1, 0.15) is 5.75 Å². The average molecular weight is 453 g/mol. The first-order valence-corrected chi connectivity index (χ1v) is 12.1. The highest BCUT2D eigenvalue weighted by atomic mass is 16.7. The van der Waals surface area contributed by atoms with E-state index in [0.29, 0.717) is 19.8 Å². The van der Waals surface area contributed by atoms with Gasteiger partial charge in [0.2, 0.25) is 12.7 Å². The molecule has 0 aliphatic carbocycles. The van der Waals surface area contributed by atoms with Crippen LogP contribution in [0.15, 0.2) is 42.5 Å². The van der Waals surface area contributed by atoms with E-state index in [-0.39, 0.29) is 11.3 Å². The van der Waals surface area contributed by atoms with Crippen LogP contribution >= 0.6 is 0 Å². The van der Waals surface area contributed by atoms with Gasteiger partial charge in [0, 0.05) is 39.1 Å². The summed E-state index contributed by atoms with van der Waals surface area (Å²) in [5, 5.41) is 0. The minimum atomic E-state index is 0.0761. The monoisotopic (exact) mass is 452 g/mol. The molecule has 4 rings (SSSR count). The van der Waals surface area contributed by atoms with Gasteiger partial charge in [0.25, 0.3) is 0 Å². The third kappa shape index (κ3) is 5.80. The van der Waals surface area contributed by atoms with Gasteiger partial charge in [-0.3, -0.25) is 9.69 Å². The molecule has 0 radical (unpaired) electrons. The molecule has 0 bridgehead atoms. The number of piperazine rings is 1. The Bertz CT molecular complexity index is 951. The van der Waals surface area contributed by atoms with Crippen molar-refractivity contribution in [3.8, 4) is 17.2 Å². The van der Waals surface area contributed by atoms with Gasteiger partial charge in [-0.15, -0.1) is 0 Å². The number of hydrogen-bond donors (Lipinski definition) is 0. The van der Waals surface area contributed by atoms with Gasteiger partial charge in [0.05, 0.1) is 6.61 Å². The van der Waals surface area contributed by atoms with Crippen LogP contribution < -0.4 is 14.2 Å². The Labute approximate surface area is 197 Å². The number of ether oxygens (including phenoxy) is 3. The molecule has 0 spiro atoms. The lowest BCUT2D eigenvalue weighted by atomic mass is 9.82. The van der Waals surface area contributed by atoms with E-state index in [2.05, 4.69) is 49.9 Å². The van der Waals surface area contributed by atoms with Gasteiger partial charge in [-0.05, 0) is 47.6 Å². The zero-order chi connectivity index (χ0) is 23.3. The van der Waals surface area contributed by atoms with Crippen molar-refractivity contribution in [1.82, 2.24) is 9.80 Å². The highest BCUT2D eigenvalue weighted by Crippen LogP contribution is 2.34. The summed E-state index contributed by atoms with van der Waals surface area (Å²) in [6.07, 6.45) is 2.31. The van der Waals surface area contributed by atoms with E-state index in [4.69, 9.17) is 14.2 Å².